The van der Waals surface area contributed by atoms with Gasteiger partial charge in [-0.3, -0.25) is 4.79 Å². The second-order valence-corrected chi connectivity index (χ2v) is 4.84. The predicted octanol–water partition coefficient (Wildman–Crippen LogP) is 4.55. The van der Waals surface area contributed by atoms with E-state index in [0.717, 1.165) is 26.4 Å². The summed E-state index contributed by atoms with van der Waals surface area (Å²) in [5.41, 5.74) is 2.24. The van der Waals surface area contributed by atoms with E-state index in [0.29, 0.717) is 5.56 Å². The van der Waals surface area contributed by atoms with E-state index in [2.05, 4.69) is 15.9 Å². The van der Waals surface area contributed by atoms with Crippen LogP contribution in [0.4, 0.5) is 0 Å². The largest absolute Gasteiger partial charge is 0.456 e. The van der Waals surface area contributed by atoms with Gasteiger partial charge in [0.1, 0.15) is 11.2 Å². The molecule has 0 fully saturated rings. The Balaban J connectivity index is 2.46. The molecule has 0 radical (unpaired) electrons. The van der Waals surface area contributed by atoms with Crippen LogP contribution in [0.5, 0.6) is 0 Å². The molecule has 1 aromatic heterocycles. The van der Waals surface area contributed by atoms with Crippen LogP contribution in [-0.4, -0.2) is 5.78 Å². The molecule has 0 bridgehead atoms. The summed E-state index contributed by atoms with van der Waals surface area (Å²) < 4.78 is 6.53. The quantitative estimate of drug-likeness (QED) is 0.615. The minimum Gasteiger partial charge on any atom is -0.456 e. The lowest BCUT2D eigenvalue weighted by Gasteiger charge is -1.99. The van der Waals surface area contributed by atoms with E-state index in [-0.39, 0.29) is 5.78 Å². The summed E-state index contributed by atoms with van der Waals surface area (Å²) in [5, 5.41) is 2.09. The van der Waals surface area contributed by atoms with Gasteiger partial charge in [0.15, 0.2) is 5.78 Å². The fourth-order valence-corrected chi connectivity index (χ4v) is 2.64. The van der Waals surface area contributed by atoms with Crippen LogP contribution in [0.25, 0.3) is 21.9 Å². The van der Waals surface area contributed by atoms with E-state index in [1.807, 2.05) is 30.3 Å². The number of hydrogen-bond donors (Lipinski definition) is 0. The van der Waals surface area contributed by atoms with Gasteiger partial charge >= 0.3 is 0 Å². The van der Waals surface area contributed by atoms with Crippen LogP contribution in [0.15, 0.2) is 45.3 Å². The van der Waals surface area contributed by atoms with Crippen molar-refractivity contribution < 1.29 is 9.21 Å². The van der Waals surface area contributed by atoms with E-state index in [1.165, 1.54) is 0 Å². The number of rotatable bonds is 1. The minimum absolute atomic E-state index is 0.0271. The summed E-state index contributed by atoms with van der Waals surface area (Å²) in [6, 6.07) is 11.6. The van der Waals surface area contributed by atoms with Crippen molar-refractivity contribution in [1.29, 1.82) is 0 Å². The summed E-state index contributed by atoms with van der Waals surface area (Å²) in [6.07, 6.45) is 0. The van der Waals surface area contributed by atoms with Gasteiger partial charge in [-0.1, -0.05) is 34.1 Å². The molecule has 2 aromatic carbocycles. The zero-order chi connectivity index (χ0) is 12.0. The van der Waals surface area contributed by atoms with Crippen LogP contribution in [0.1, 0.15) is 17.3 Å². The number of benzene rings is 2. The Morgan fingerprint density at radius 3 is 2.65 bits per heavy atom. The number of ketones is 1. The maximum absolute atomic E-state index is 11.5. The number of carbonyl (C=O) groups is 1. The summed E-state index contributed by atoms with van der Waals surface area (Å²) in [6.45, 7) is 1.55. The zero-order valence-electron chi connectivity index (χ0n) is 9.16. The van der Waals surface area contributed by atoms with E-state index in [4.69, 9.17) is 4.42 Å². The number of para-hydroxylation sites is 1. The van der Waals surface area contributed by atoms with Gasteiger partial charge in [-0.25, -0.2) is 0 Å². The fraction of sp³-hybridized carbons (Fsp3) is 0.0714. The smallest absolute Gasteiger partial charge is 0.161 e. The first-order valence-corrected chi connectivity index (χ1v) is 6.08. The number of Topliss-reactive ketones (excluding diaryl/α,β-unsaturated/α-hetero) is 1. The third-order valence-corrected chi connectivity index (χ3v) is 3.50. The molecule has 0 saturated carbocycles. The lowest BCUT2D eigenvalue weighted by molar-refractivity contribution is 0.101. The molecule has 3 heteroatoms. The summed E-state index contributed by atoms with van der Waals surface area (Å²) in [5.74, 6) is 0.0271. The second-order valence-electron chi connectivity index (χ2n) is 3.98. The minimum atomic E-state index is 0.0271. The van der Waals surface area contributed by atoms with Crippen LogP contribution in [0, 0.1) is 0 Å². The maximum atomic E-state index is 11.5. The average molecular weight is 289 g/mol. The van der Waals surface area contributed by atoms with Crippen molar-refractivity contribution in [3.63, 3.8) is 0 Å². The molecule has 0 aliphatic carbocycles. The van der Waals surface area contributed by atoms with Gasteiger partial charge in [-0.2, -0.15) is 0 Å². The van der Waals surface area contributed by atoms with Crippen LogP contribution < -0.4 is 0 Å². The van der Waals surface area contributed by atoms with Crippen LogP contribution in [-0.2, 0) is 0 Å². The molecule has 0 aliphatic heterocycles. The number of halogens is 1. The number of carbonyl (C=O) groups excluding carboxylic acids is 1. The molecular weight excluding hydrogens is 280 g/mol. The number of fused-ring (bicyclic) bond motifs is 3. The highest BCUT2D eigenvalue weighted by atomic mass is 79.9. The van der Waals surface area contributed by atoms with Gasteiger partial charge in [0.05, 0.1) is 0 Å². The molecule has 3 aromatic rings. The van der Waals surface area contributed by atoms with Crippen molar-refractivity contribution in [2.45, 2.75) is 6.92 Å². The van der Waals surface area contributed by atoms with Crippen molar-refractivity contribution in [3.8, 4) is 0 Å². The first kappa shape index (κ1) is 10.5. The highest BCUT2D eigenvalue weighted by Gasteiger charge is 2.12. The van der Waals surface area contributed by atoms with Gasteiger partial charge in [0.25, 0.3) is 0 Å². The molecule has 0 aliphatic rings. The van der Waals surface area contributed by atoms with Crippen molar-refractivity contribution >= 4 is 43.7 Å². The zero-order valence-corrected chi connectivity index (χ0v) is 10.7. The normalized spacial score (nSPS) is 11.2. The lowest BCUT2D eigenvalue weighted by atomic mass is 10.1. The average Bonchev–Trinajstić information content (AvgIpc) is 2.65. The maximum Gasteiger partial charge on any atom is 0.161 e. The van der Waals surface area contributed by atoms with Gasteiger partial charge < -0.3 is 4.42 Å². The lowest BCUT2D eigenvalue weighted by Crippen LogP contribution is -1.92. The van der Waals surface area contributed by atoms with Crippen molar-refractivity contribution in [1.82, 2.24) is 0 Å². The first-order valence-electron chi connectivity index (χ1n) is 5.28. The molecular formula is C14H9BrO2. The van der Waals surface area contributed by atoms with Crippen LogP contribution >= 0.6 is 15.9 Å². The third kappa shape index (κ3) is 1.58. The Bertz CT molecular complexity index is 740. The molecule has 0 amide bonds. The topological polar surface area (TPSA) is 30.2 Å². The molecule has 0 unspecified atom stereocenters. The van der Waals surface area contributed by atoms with E-state index >= 15 is 0 Å². The standard InChI is InChI=1S/C14H9BrO2/c1-8(16)10-7-14-11(6-12(10)15)9-4-2-3-5-13(9)17-14/h2-7H,1H3. The third-order valence-electron chi connectivity index (χ3n) is 2.85. The summed E-state index contributed by atoms with van der Waals surface area (Å²) >= 11 is 3.43. The monoisotopic (exact) mass is 288 g/mol. The highest BCUT2D eigenvalue weighted by Crippen LogP contribution is 2.32. The Kier molecular flexibility index (Phi) is 2.30. The summed E-state index contributed by atoms with van der Waals surface area (Å²) in [7, 11) is 0. The molecule has 1 heterocycles. The molecule has 0 spiro atoms. The van der Waals surface area contributed by atoms with E-state index in [9.17, 15) is 4.79 Å². The van der Waals surface area contributed by atoms with Gasteiger partial charge in [0.2, 0.25) is 0 Å². The van der Waals surface area contributed by atoms with Crippen LogP contribution in [0.3, 0.4) is 0 Å². The fourth-order valence-electron chi connectivity index (χ4n) is 2.01. The Hall–Kier alpha value is -1.61. The summed E-state index contributed by atoms with van der Waals surface area (Å²) in [4.78, 5) is 11.5. The van der Waals surface area contributed by atoms with Crippen LogP contribution in [0.2, 0.25) is 0 Å². The molecule has 84 valence electrons. The van der Waals surface area contributed by atoms with E-state index < -0.39 is 0 Å². The predicted molar refractivity (Wildman–Crippen MR) is 71.4 cm³/mol. The first-order chi connectivity index (χ1) is 8.16. The van der Waals surface area contributed by atoms with Gasteiger partial charge in [-0.15, -0.1) is 0 Å². The Labute approximate surface area is 106 Å². The molecule has 0 saturated heterocycles. The highest BCUT2D eigenvalue weighted by molar-refractivity contribution is 9.10. The van der Waals surface area contributed by atoms with E-state index in [1.54, 1.807) is 13.0 Å². The molecule has 0 N–H and O–H groups in total. The molecule has 0 atom stereocenters. The van der Waals surface area contributed by atoms with Crippen molar-refractivity contribution in [2.24, 2.45) is 0 Å². The van der Waals surface area contributed by atoms with Crippen molar-refractivity contribution in [2.75, 3.05) is 0 Å². The molecule has 3 rings (SSSR count). The Morgan fingerprint density at radius 2 is 1.88 bits per heavy atom. The number of furan rings is 1. The van der Waals surface area contributed by atoms with Crippen molar-refractivity contribution in [3.05, 3.63) is 46.4 Å². The molecule has 2 nitrogen and oxygen atoms in total. The second kappa shape index (κ2) is 3.70. The SMILES string of the molecule is CC(=O)c1cc2oc3ccccc3c2cc1Br. The number of hydrogen-bond acceptors (Lipinski definition) is 2. The van der Waals surface area contributed by atoms with Gasteiger partial charge in [0, 0.05) is 20.8 Å². The molecule has 17 heavy (non-hydrogen) atoms. The Morgan fingerprint density at radius 1 is 1.12 bits per heavy atom. The van der Waals surface area contributed by atoms with Gasteiger partial charge in [-0.05, 0) is 25.1 Å².